The first-order chi connectivity index (χ1) is 7.74. The summed E-state index contributed by atoms with van der Waals surface area (Å²) in [5.41, 5.74) is 5.13. The Morgan fingerprint density at radius 2 is 1.81 bits per heavy atom. The molecule has 1 aromatic carbocycles. The van der Waals surface area contributed by atoms with Crippen molar-refractivity contribution in [3.63, 3.8) is 0 Å². The van der Waals surface area contributed by atoms with E-state index in [2.05, 4.69) is 19.1 Å². The van der Waals surface area contributed by atoms with Gasteiger partial charge in [-0.05, 0) is 60.8 Å². The average molecular weight is 328 g/mol. The van der Waals surface area contributed by atoms with Crippen molar-refractivity contribution in [1.82, 2.24) is 0 Å². The van der Waals surface area contributed by atoms with Gasteiger partial charge < -0.3 is 3.07 Å². The van der Waals surface area contributed by atoms with Gasteiger partial charge in [0.15, 0.2) is 23.0 Å². The van der Waals surface area contributed by atoms with Crippen LogP contribution in [0.15, 0.2) is 12.1 Å². The van der Waals surface area contributed by atoms with Crippen LogP contribution in [0.2, 0.25) is 0 Å². The molecule has 16 heavy (non-hydrogen) atoms. The van der Waals surface area contributed by atoms with Crippen molar-refractivity contribution >= 4 is 23.0 Å². The van der Waals surface area contributed by atoms with Gasteiger partial charge in [0.1, 0.15) is 5.75 Å². The Labute approximate surface area is 111 Å². The first-order valence-electron chi connectivity index (χ1n) is 6.14. The summed E-state index contributed by atoms with van der Waals surface area (Å²) < 4.78 is 5.48. The minimum absolute atomic E-state index is 0.596. The fraction of sp³-hybridized carbons (Fsp3) is 0.571. The van der Waals surface area contributed by atoms with E-state index < -0.39 is 0 Å². The summed E-state index contributed by atoms with van der Waals surface area (Å²) in [6.45, 7) is 2.24. The Morgan fingerprint density at radius 1 is 1.12 bits per heavy atom. The molecule has 0 atom stereocenters. The van der Waals surface area contributed by atoms with Crippen LogP contribution in [0.25, 0.3) is 0 Å². The molecule has 1 fully saturated rings. The molecule has 0 saturated heterocycles. The Kier molecular flexibility index (Phi) is 2.65. The summed E-state index contributed by atoms with van der Waals surface area (Å²) in [4.78, 5) is 0. The van der Waals surface area contributed by atoms with E-state index in [1.807, 2.05) is 23.0 Å². The number of halogens is 1. The number of aryl methyl sites for hydroxylation is 1. The standard InChI is InChI=1S/C14H17IO/c1-10-4-5-13(16-15)12-9-14(8-11(10)12)6-2-3-7-14/h4-5H,2-3,6-9H2,1H3. The maximum absolute atomic E-state index is 5.48. The van der Waals surface area contributed by atoms with E-state index in [9.17, 15) is 0 Å². The van der Waals surface area contributed by atoms with Crippen molar-refractivity contribution < 1.29 is 3.07 Å². The number of hydrogen-bond donors (Lipinski definition) is 0. The Morgan fingerprint density at radius 3 is 2.50 bits per heavy atom. The molecule has 1 aromatic rings. The molecule has 0 heterocycles. The lowest BCUT2D eigenvalue weighted by molar-refractivity contribution is 0.317. The van der Waals surface area contributed by atoms with Gasteiger partial charge >= 0.3 is 0 Å². The van der Waals surface area contributed by atoms with Gasteiger partial charge in [-0.15, -0.1) is 0 Å². The number of benzene rings is 1. The lowest BCUT2D eigenvalue weighted by Crippen LogP contribution is -2.15. The first-order valence-corrected chi connectivity index (χ1v) is 7.02. The van der Waals surface area contributed by atoms with E-state index in [-0.39, 0.29) is 0 Å². The summed E-state index contributed by atoms with van der Waals surface area (Å²) >= 11 is 2.01. The van der Waals surface area contributed by atoms with Crippen LogP contribution in [-0.2, 0) is 12.8 Å². The van der Waals surface area contributed by atoms with Crippen LogP contribution >= 0.6 is 23.0 Å². The second kappa shape index (κ2) is 3.90. The van der Waals surface area contributed by atoms with E-state index >= 15 is 0 Å². The summed E-state index contributed by atoms with van der Waals surface area (Å²) in [5.74, 6) is 1.10. The highest BCUT2D eigenvalue weighted by molar-refractivity contribution is 14.1. The molecule has 0 aliphatic heterocycles. The smallest absolute Gasteiger partial charge is 0.192 e. The normalized spacial score (nSPS) is 21.4. The molecule has 0 unspecified atom stereocenters. The molecule has 2 aliphatic carbocycles. The zero-order valence-corrected chi connectivity index (χ0v) is 11.8. The average Bonchev–Trinajstić information content (AvgIpc) is 2.88. The van der Waals surface area contributed by atoms with Gasteiger partial charge in [0.05, 0.1) is 0 Å². The predicted octanol–water partition coefficient (Wildman–Crippen LogP) is 4.38. The highest BCUT2D eigenvalue weighted by Gasteiger charge is 2.41. The van der Waals surface area contributed by atoms with E-state index in [0.717, 1.165) is 5.75 Å². The molecule has 2 heteroatoms. The fourth-order valence-corrected chi connectivity index (χ4v) is 4.00. The zero-order chi connectivity index (χ0) is 11.2. The number of fused-ring (bicyclic) bond motifs is 1. The summed E-state index contributed by atoms with van der Waals surface area (Å²) in [6, 6.07) is 4.34. The molecule has 3 rings (SSSR count). The second-order valence-electron chi connectivity index (χ2n) is 5.48. The van der Waals surface area contributed by atoms with E-state index in [0.29, 0.717) is 5.41 Å². The van der Waals surface area contributed by atoms with Crippen LogP contribution in [0.4, 0.5) is 0 Å². The Balaban J connectivity index is 2.04. The van der Waals surface area contributed by atoms with Gasteiger partial charge in [0, 0.05) is 0 Å². The minimum atomic E-state index is 0.596. The molecule has 0 N–H and O–H groups in total. The van der Waals surface area contributed by atoms with Crippen molar-refractivity contribution in [1.29, 1.82) is 0 Å². The van der Waals surface area contributed by atoms with Crippen LogP contribution in [-0.4, -0.2) is 0 Å². The SMILES string of the molecule is Cc1ccc(OI)c2c1CC1(CCCC1)C2. The molecule has 0 radical (unpaired) electrons. The third-order valence-corrected chi connectivity index (χ3v) is 4.95. The zero-order valence-electron chi connectivity index (χ0n) is 9.68. The molecule has 0 amide bonds. The quantitative estimate of drug-likeness (QED) is 0.695. The monoisotopic (exact) mass is 328 g/mol. The fourth-order valence-electron chi connectivity index (χ4n) is 3.59. The van der Waals surface area contributed by atoms with Gasteiger partial charge in [0.2, 0.25) is 0 Å². The molecule has 0 aromatic heterocycles. The molecular weight excluding hydrogens is 311 g/mol. The lowest BCUT2D eigenvalue weighted by Gasteiger charge is -2.21. The molecule has 1 spiro atoms. The molecular formula is C14H17IO. The van der Waals surface area contributed by atoms with Crippen LogP contribution in [0.5, 0.6) is 5.75 Å². The first kappa shape index (κ1) is 10.9. The Hall–Kier alpha value is -0.250. The van der Waals surface area contributed by atoms with E-state index in [1.54, 1.807) is 5.56 Å². The summed E-state index contributed by atoms with van der Waals surface area (Å²) in [5, 5.41) is 0. The third kappa shape index (κ3) is 1.57. The van der Waals surface area contributed by atoms with Gasteiger partial charge in [0.25, 0.3) is 0 Å². The number of rotatable bonds is 1. The second-order valence-corrected chi connectivity index (χ2v) is 5.92. The molecule has 86 valence electrons. The molecule has 1 nitrogen and oxygen atoms in total. The maximum Gasteiger partial charge on any atom is 0.192 e. The lowest BCUT2D eigenvalue weighted by atomic mass is 9.83. The van der Waals surface area contributed by atoms with Crippen molar-refractivity contribution in [3.05, 3.63) is 28.8 Å². The molecule has 0 bridgehead atoms. The van der Waals surface area contributed by atoms with E-state index in [1.165, 1.54) is 49.7 Å². The molecule has 2 aliphatic rings. The third-order valence-electron chi connectivity index (χ3n) is 4.47. The van der Waals surface area contributed by atoms with Crippen LogP contribution in [0.1, 0.15) is 42.4 Å². The van der Waals surface area contributed by atoms with Crippen LogP contribution in [0.3, 0.4) is 0 Å². The van der Waals surface area contributed by atoms with Crippen LogP contribution in [0, 0.1) is 12.3 Å². The summed E-state index contributed by atoms with van der Waals surface area (Å²) in [6.07, 6.45) is 8.23. The summed E-state index contributed by atoms with van der Waals surface area (Å²) in [7, 11) is 0. The van der Waals surface area contributed by atoms with Crippen molar-refractivity contribution in [3.8, 4) is 5.75 Å². The van der Waals surface area contributed by atoms with Gasteiger partial charge in [-0.3, -0.25) is 0 Å². The van der Waals surface area contributed by atoms with Gasteiger partial charge in [-0.2, -0.15) is 0 Å². The van der Waals surface area contributed by atoms with Crippen molar-refractivity contribution in [2.24, 2.45) is 5.41 Å². The van der Waals surface area contributed by atoms with Gasteiger partial charge in [-0.25, -0.2) is 0 Å². The number of hydrogen-bond acceptors (Lipinski definition) is 1. The van der Waals surface area contributed by atoms with Crippen molar-refractivity contribution in [2.75, 3.05) is 0 Å². The maximum atomic E-state index is 5.48. The van der Waals surface area contributed by atoms with Gasteiger partial charge in [-0.1, -0.05) is 18.9 Å². The highest BCUT2D eigenvalue weighted by Crippen LogP contribution is 2.51. The van der Waals surface area contributed by atoms with Crippen LogP contribution < -0.4 is 3.07 Å². The predicted molar refractivity (Wildman–Crippen MR) is 74.1 cm³/mol. The van der Waals surface area contributed by atoms with Crippen molar-refractivity contribution in [2.45, 2.75) is 45.4 Å². The topological polar surface area (TPSA) is 9.23 Å². The highest BCUT2D eigenvalue weighted by atomic mass is 127. The Bertz CT molecular complexity index is 419. The minimum Gasteiger partial charge on any atom is -0.427 e. The van der Waals surface area contributed by atoms with E-state index in [4.69, 9.17) is 3.07 Å². The molecule has 1 saturated carbocycles. The largest absolute Gasteiger partial charge is 0.427 e.